The normalized spacial score (nSPS) is 30.0. The molecule has 0 aliphatic carbocycles. The van der Waals surface area contributed by atoms with E-state index in [2.05, 4.69) is 10.6 Å². The van der Waals surface area contributed by atoms with Gasteiger partial charge in [-0.1, -0.05) is 0 Å². The molecule has 0 aromatic heterocycles. The zero-order chi connectivity index (χ0) is 7.40. The zero-order valence-electron chi connectivity index (χ0n) is 6.43. The van der Waals surface area contributed by atoms with Gasteiger partial charge in [0, 0.05) is 12.5 Å². The monoisotopic (exact) mass is 144 g/mol. The highest BCUT2D eigenvalue weighted by Crippen LogP contribution is 2.11. The average Bonchev–Trinajstić information content (AvgIpc) is 2.05. The topological polar surface area (TPSA) is 44.3 Å². The SMILES string of the molecule is CNC(O)[C@H]1CCCNC1. The van der Waals surface area contributed by atoms with E-state index in [1.54, 1.807) is 7.05 Å². The first-order valence-corrected chi connectivity index (χ1v) is 3.90. The third-order valence-electron chi connectivity index (χ3n) is 2.08. The van der Waals surface area contributed by atoms with Gasteiger partial charge < -0.3 is 10.4 Å². The molecule has 2 atom stereocenters. The molecule has 1 unspecified atom stereocenters. The number of aliphatic hydroxyl groups excluding tert-OH is 1. The molecule has 0 bridgehead atoms. The lowest BCUT2D eigenvalue weighted by Gasteiger charge is -2.26. The Hall–Kier alpha value is -0.120. The fourth-order valence-corrected chi connectivity index (χ4v) is 1.38. The van der Waals surface area contributed by atoms with E-state index < -0.39 is 0 Å². The molecule has 1 heterocycles. The molecule has 60 valence electrons. The molecule has 0 amide bonds. The molecule has 3 N–H and O–H groups in total. The molecule has 3 heteroatoms. The molecule has 0 spiro atoms. The van der Waals surface area contributed by atoms with Crippen molar-refractivity contribution >= 4 is 0 Å². The second-order valence-corrected chi connectivity index (χ2v) is 2.84. The molecule has 1 saturated heterocycles. The van der Waals surface area contributed by atoms with Crippen LogP contribution in [0.15, 0.2) is 0 Å². The molecule has 3 nitrogen and oxygen atoms in total. The van der Waals surface area contributed by atoms with Crippen molar-refractivity contribution in [2.75, 3.05) is 20.1 Å². The van der Waals surface area contributed by atoms with Crippen LogP contribution in [0.25, 0.3) is 0 Å². The van der Waals surface area contributed by atoms with Gasteiger partial charge in [-0.25, -0.2) is 0 Å². The highest BCUT2D eigenvalue weighted by atomic mass is 16.3. The summed E-state index contributed by atoms with van der Waals surface area (Å²) in [5.41, 5.74) is 0. The molecule has 10 heavy (non-hydrogen) atoms. The van der Waals surface area contributed by atoms with Gasteiger partial charge in [-0.05, 0) is 26.4 Å². The van der Waals surface area contributed by atoms with Crippen LogP contribution in [-0.4, -0.2) is 31.5 Å². The molecule has 1 rings (SSSR count). The minimum atomic E-state index is -0.326. The van der Waals surface area contributed by atoms with Gasteiger partial charge in [0.15, 0.2) is 0 Å². The molecule has 1 aliphatic rings. The number of nitrogens with one attached hydrogen (secondary N) is 2. The molecule has 0 saturated carbocycles. The van der Waals surface area contributed by atoms with Crippen LogP contribution < -0.4 is 10.6 Å². The lowest BCUT2D eigenvalue weighted by Crippen LogP contribution is -2.42. The van der Waals surface area contributed by atoms with Crippen LogP contribution in [0.5, 0.6) is 0 Å². The Morgan fingerprint density at radius 3 is 3.00 bits per heavy atom. The van der Waals surface area contributed by atoms with E-state index in [-0.39, 0.29) is 6.23 Å². The molecule has 1 fully saturated rings. The van der Waals surface area contributed by atoms with Gasteiger partial charge in [-0.15, -0.1) is 0 Å². The molecule has 0 aromatic carbocycles. The Bertz CT molecular complexity index is 91.6. The largest absolute Gasteiger partial charge is 0.378 e. The predicted octanol–water partition coefficient (Wildman–Crippen LogP) is -0.476. The highest BCUT2D eigenvalue weighted by molar-refractivity contribution is 4.73. The summed E-state index contributed by atoms with van der Waals surface area (Å²) in [7, 11) is 1.79. The average molecular weight is 144 g/mol. The first-order chi connectivity index (χ1) is 4.84. The molecule has 0 radical (unpaired) electrons. The van der Waals surface area contributed by atoms with Crippen LogP contribution in [0.1, 0.15) is 12.8 Å². The Morgan fingerprint density at radius 1 is 1.70 bits per heavy atom. The first-order valence-electron chi connectivity index (χ1n) is 3.90. The Labute approximate surface area is 61.8 Å². The molecular weight excluding hydrogens is 128 g/mol. The summed E-state index contributed by atoms with van der Waals surface area (Å²) in [6.07, 6.45) is 1.99. The number of hydrogen-bond donors (Lipinski definition) is 3. The van der Waals surface area contributed by atoms with Gasteiger partial charge in [-0.3, -0.25) is 5.32 Å². The molecule has 0 aromatic rings. The highest BCUT2D eigenvalue weighted by Gasteiger charge is 2.19. The van der Waals surface area contributed by atoms with E-state index in [0.29, 0.717) is 5.92 Å². The van der Waals surface area contributed by atoms with Crippen LogP contribution in [0.2, 0.25) is 0 Å². The Kier molecular flexibility index (Phi) is 3.12. The van der Waals surface area contributed by atoms with E-state index in [9.17, 15) is 5.11 Å². The van der Waals surface area contributed by atoms with Crippen molar-refractivity contribution in [3.05, 3.63) is 0 Å². The van der Waals surface area contributed by atoms with Crippen molar-refractivity contribution in [2.45, 2.75) is 19.1 Å². The summed E-state index contributed by atoms with van der Waals surface area (Å²) in [5.74, 6) is 0.402. The van der Waals surface area contributed by atoms with E-state index in [1.807, 2.05) is 0 Å². The number of aliphatic hydroxyl groups is 1. The van der Waals surface area contributed by atoms with Crippen LogP contribution in [-0.2, 0) is 0 Å². The van der Waals surface area contributed by atoms with E-state index >= 15 is 0 Å². The Morgan fingerprint density at radius 2 is 2.50 bits per heavy atom. The summed E-state index contributed by atoms with van der Waals surface area (Å²) in [4.78, 5) is 0. The standard InChI is InChI=1S/C7H16N2O/c1-8-7(10)6-3-2-4-9-5-6/h6-10H,2-5H2,1H3/t6-,7?/m0/s1. The number of rotatable bonds is 2. The number of hydrogen-bond acceptors (Lipinski definition) is 3. The van der Waals surface area contributed by atoms with E-state index in [4.69, 9.17) is 0 Å². The van der Waals surface area contributed by atoms with Crippen molar-refractivity contribution < 1.29 is 5.11 Å². The summed E-state index contributed by atoms with van der Waals surface area (Å²) < 4.78 is 0. The fraction of sp³-hybridized carbons (Fsp3) is 1.00. The van der Waals surface area contributed by atoms with Gasteiger partial charge in [-0.2, -0.15) is 0 Å². The summed E-state index contributed by atoms with van der Waals surface area (Å²) in [6, 6.07) is 0. The van der Waals surface area contributed by atoms with Gasteiger partial charge in [0.25, 0.3) is 0 Å². The van der Waals surface area contributed by atoms with Gasteiger partial charge in [0.1, 0.15) is 6.23 Å². The van der Waals surface area contributed by atoms with Crippen molar-refractivity contribution in [2.24, 2.45) is 5.92 Å². The maximum atomic E-state index is 9.33. The summed E-state index contributed by atoms with van der Waals surface area (Å²) in [6.45, 7) is 2.05. The van der Waals surface area contributed by atoms with Crippen molar-refractivity contribution in [3.63, 3.8) is 0 Å². The van der Waals surface area contributed by atoms with Crippen LogP contribution in [0, 0.1) is 5.92 Å². The zero-order valence-corrected chi connectivity index (χ0v) is 6.43. The van der Waals surface area contributed by atoms with Crippen LogP contribution in [0.3, 0.4) is 0 Å². The fourth-order valence-electron chi connectivity index (χ4n) is 1.38. The summed E-state index contributed by atoms with van der Waals surface area (Å²) in [5, 5.41) is 15.4. The quantitative estimate of drug-likeness (QED) is 0.459. The van der Waals surface area contributed by atoms with Gasteiger partial charge in [0.05, 0.1) is 0 Å². The third-order valence-corrected chi connectivity index (χ3v) is 2.08. The van der Waals surface area contributed by atoms with Crippen LogP contribution >= 0.6 is 0 Å². The minimum Gasteiger partial charge on any atom is -0.378 e. The van der Waals surface area contributed by atoms with Gasteiger partial charge >= 0.3 is 0 Å². The Balaban J connectivity index is 2.24. The predicted molar refractivity (Wildman–Crippen MR) is 40.7 cm³/mol. The number of piperidine rings is 1. The first kappa shape index (κ1) is 7.98. The second kappa shape index (κ2) is 3.91. The maximum absolute atomic E-state index is 9.33. The summed E-state index contributed by atoms with van der Waals surface area (Å²) >= 11 is 0. The van der Waals surface area contributed by atoms with Crippen molar-refractivity contribution in [3.8, 4) is 0 Å². The molecular formula is C7H16N2O. The third kappa shape index (κ3) is 1.94. The van der Waals surface area contributed by atoms with Crippen molar-refractivity contribution in [1.82, 2.24) is 10.6 Å². The van der Waals surface area contributed by atoms with Crippen LogP contribution in [0.4, 0.5) is 0 Å². The second-order valence-electron chi connectivity index (χ2n) is 2.84. The van der Waals surface area contributed by atoms with E-state index in [0.717, 1.165) is 19.5 Å². The lowest BCUT2D eigenvalue weighted by atomic mass is 9.98. The maximum Gasteiger partial charge on any atom is 0.108 e. The molecule has 1 aliphatic heterocycles. The van der Waals surface area contributed by atoms with Gasteiger partial charge in [0.2, 0.25) is 0 Å². The minimum absolute atomic E-state index is 0.326. The van der Waals surface area contributed by atoms with Crippen molar-refractivity contribution in [1.29, 1.82) is 0 Å². The lowest BCUT2D eigenvalue weighted by molar-refractivity contribution is 0.0689. The van der Waals surface area contributed by atoms with E-state index in [1.165, 1.54) is 6.42 Å². The smallest absolute Gasteiger partial charge is 0.108 e.